The van der Waals surface area contributed by atoms with E-state index in [0.717, 1.165) is 21.4 Å². The molecule has 1 aromatic heterocycles. The zero-order valence-corrected chi connectivity index (χ0v) is 11.5. The standard InChI is InChI=1S/C16H11FO2S/c1-9-8-14(16(18)19)20-15(9)12-6-7-13(17)11-5-3-2-4-10(11)12/h2-8H,1H3,(H,18,19). The molecule has 0 spiro atoms. The molecule has 2 aromatic carbocycles. The predicted octanol–water partition coefficient (Wildman–Crippen LogP) is 4.71. The third kappa shape index (κ3) is 1.98. The van der Waals surface area contributed by atoms with Crippen molar-refractivity contribution in [2.75, 3.05) is 0 Å². The number of aryl methyl sites for hydroxylation is 1. The fraction of sp³-hybridized carbons (Fsp3) is 0.0625. The smallest absolute Gasteiger partial charge is 0.345 e. The van der Waals surface area contributed by atoms with Gasteiger partial charge >= 0.3 is 5.97 Å². The lowest BCUT2D eigenvalue weighted by molar-refractivity contribution is 0.0702. The highest BCUT2D eigenvalue weighted by molar-refractivity contribution is 7.17. The van der Waals surface area contributed by atoms with E-state index in [-0.39, 0.29) is 5.82 Å². The Morgan fingerprint density at radius 2 is 1.85 bits per heavy atom. The molecule has 0 aliphatic heterocycles. The fourth-order valence-electron chi connectivity index (χ4n) is 2.32. The van der Waals surface area contributed by atoms with Crippen molar-refractivity contribution < 1.29 is 14.3 Å². The maximum absolute atomic E-state index is 13.8. The van der Waals surface area contributed by atoms with Crippen LogP contribution in [0.1, 0.15) is 15.2 Å². The first kappa shape index (κ1) is 12.8. The molecule has 0 amide bonds. The van der Waals surface area contributed by atoms with Gasteiger partial charge in [0.05, 0.1) is 0 Å². The normalized spacial score (nSPS) is 10.9. The molecular weight excluding hydrogens is 275 g/mol. The lowest BCUT2D eigenvalue weighted by Crippen LogP contribution is -1.89. The molecule has 0 fully saturated rings. The van der Waals surface area contributed by atoms with Crippen molar-refractivity contribution >= 4 is 28.1 Å². The van der Waals surface area contributed by atoms with Gasteiger partial charge in [0.2, 0.25) is 0 Å². The number of benzene rings is 2. The van der Waals surface area contributed by atoms with Crippen LogP contribution in [0.15, 0.2) is 42.5 Å². The minimum atomic E-state index is -0.934. The molecule has 0 aliphatic rings. The van der Waals surface area contributed by atoms with Gasteiger partial charge in [0.25, 0.3) is 0 Å². The Hall–Kier alpha value is -2.20. The van der Waals surface area contributed by atoms with E-state index >= 15 is 0 Å². The van der Waals surface area contributed by atoms with Crippen molar-refractivity contribution in [3.05, 3.63) is 58.7 Å². The van der Waals surface area contributed by atoms with Gasteiger partial charge < -0.3 is 5.11 Å². The van der Waals surface area contributed by atoms with Crippen LogP contribution in [0.5, 0.6) is 0 Å². The van der Waals surface area contributed by atoms with Gasteiger partial charge in [0.1, 0.15) is 10.7 Å². The van der Waals surface area contributed by atoms with Crippen LogP contribution in [0.4, 0.5) is 4.39 Å². The molecule has 2 nitrogen and oxygen atoms in total. The van der Waals surface area contributed by atoms with Gasteiger partial charge in [-0.2, -0.15) is 0 Å². The van der Waals surface area contributed by atoms with Gasteiger partial charge in [-0.05, 0) is 41.6 Å². The number of halogens is 1. The molecule has 0 atom stereocenters. The van der Waals surface area contributed by atoms with Crippen LogP contribution in [-0.4, -0.2) is 11.1 Å². The first-order valence-corrected chi connectivity index (χ1v) is 6.91. The molecule has 0 radical (unpaired) electrons. The molecule has 0 bridgehead atoms. The molecule has 20 heavy (non-hydrogen) atoms. The third-order valence-electron chi connectivity index (χ3n) is 3.24. The lowest BCUT2D eigenvalue weighted by Gasteiger charge is -2.06. The number of carboxylic acid groups (broad SMARTS) is 1. The zero-order chi connectivity index (χ0) is 14.3. The molecule has 1 N–H and O–H groups in total. The minimum absolute atomic E-state index is 0.267. The Kier molecular flexibility index (Phi) is 3.03. The van der Waals surface area contributed by atoms with E-state index in [1.54, 1.807) is 24.3 Å². The molecule has 3 rings (SSSR count). The van der Waals surface area contributed by atoms with Crippen LogP contribution in [0, 0.1) is 12.7 Å². The SMILES string of the molecule is Cc1cc(C(=O)O)sc1-c1ccc(F)c2ccccc12. The van der Waals surface area contributed by atoms with Crippen LogP contribution in [0.2, 0.25) is 0 Å². The summed E-state index contributed by atoms with van der Waals surface area (Å²) < 4.78 is 13.8. The van der Waals surface area contributed by atoms with E-state index in [9.17, 15) is 9.18 Å². The summed E-state index contributed by atoms with van der Waals surface area (Å²) in [5.41, 5.74) is 1.76. The number of hydrogen-bond acceptors (Lipinski definition) is 2. The first-order valence-electron chi connectivity index (χ1n) is 6.09. The summed E-state index contributed by atoms with van der Waals surface area (Å²) in [6.07, 6.45) is 0. The maximum Gasteiger partial charge on any atom is 0.345 e. The first-order chi connectivity index (χ1) is 9.58. The van der Waals surface area contributed by atoms with Crippen LogP contribution in [0.25, 0.3) is 21.2 Å². The van der Waals surface area contributed by atoms with Crippen LogP contribution >= 0.6 is 11.3 Å². The zero-order valence-electron chi connectivity index (χ0n) is 10.7. The van der Waals surface area contributed by atoms with E-state index in [2.05, 4.69) is 0 Å². The summed E-state index contributed by atoms with van der Waals surface area (Å²) >= 11 is 1.22. The quantitative estimate of drug-likeness (QED) is 0.740. The Labute approximate surface area is 119 Å². The molecule has 100 valence electrons. The van der Waals surface area contributed by atoms with E-state index in [0.29, 0.717) is 10.3 Å². The van der Waals surface area contributed by atoms with Gasteiger partial charge in [0, 0.05) is 10.3 Å². The summed E-state index contributed by atoms with van der Waals surface area (Å²) in [6.45, 7) is 1.87. The van der Waals surface area contributed by atoms with Crippen molar-refractivity contribution in [1.29, 1.82) is 0 Å². The van der Waals surface area contributed by atoms with Gasteiger partial charge in [-0.3, -0.25) is 0 Å². The second kappa shape index (κ2) is 4.72. The predicted molar refractivity (Wildman–Crippen MR) is 78.9 cm³/mol. The number of fused-ring (bicyclic) bond motifs is 1. The summed E-state index contributed by atoms with van der Waals surface area (Å²) in [5.74, 6) is -1.20. The number of hydrogen-bond donors (Lipinski definition) is 1. The molecule has 0 saturated heterocycles. The average Bonchev–Trinajstić information content (AvgIpc) is 2.82. The summed E-state index contributed by atoms with van der Waals surface area (Å²) in [6, 6.07) is 12.0. The van der Waals surface area contributed by atoms with Gasteiger partial charge in [-0.25, -0.2) is 9.18 Å². The number of carbonyl (C=O) groups is 1. The second-order valence-electron chi connectivity index (χ2n) is 4.57. The Morgan fingerprint density at radius 3 is 2.50 bits per heavy atom. The molecule has 0 unspecified atom stereocenters. The highest BCUT2D eigenvalue weighted by Crippen LogP contribution is 2.37. The molecule has 1 heterocycles. The monoisotopic (exact) mass is 286 g/mol. The highest BCUT2D eigenvalue weighted by Gasteiger charge is 2.15. The number of aromatic carboxylic acids is 1. The lowest BCUT2D eigenvalue weighted by atomic mass is 10.0. The summed E-state index contributed by atoms with van der Waals surface area (Å²) in [4.78, 5) is 12.2. The van der Waals surface area contributed by atoms with Crippen molar-refractivity contribution in [2.45, 2.75) is 6.92 Å². The topological polar surface area (TPSA) is 37.3 Å². The second-order valence-corrected chi connectivity index (χ2v) is 5.62. The summed E-state index contributed by atoms with van der Waals surface area (Å²) in [5, 5.41) is 10.4. The summed E-state index contributed by atoms with van der Waals surface area (Å²) in [7, 11) is 0. The Balaban J connectivity index is 2.30. The molecule has 3 aromatic rings. The maximum atomic E-state index is 13.8. The van der Waals surface area contributed by atoms with Crippen LogP contribution in [0.3, 0.4) is 0 Å². The van der Waals surface area contributed by atoms with Crippen molar-refractivity contribution in [1.82, 2.24) is 0 Å². The van der Waals surface area contributed by atoms with Crippen molar-refractivity contribution in [3.8, 4) is 10.4 Å². The van der Waals surface area contributed by atoms with Crippen LogP contribution < -0.4 is 0 Å². The van der Waals surface area contributed by atoms with Crippen molar-refractivity contribution in [3.63, 3.8) is 0 Å². The van der Waals surface area contributed by atoms with E-state index < -0.39 is 5.97 Å². The fourth-order valence-corrected chi connectivity index (χ4v) is 3.37. The average molecular weight is 286 g/mol. The number of rotatable bonds is 2. The van der Waals surface area contributed by atoms with E-state index in [4.69, 9.17) is 5.11 Å². The molecule has 0 aliphatic carbocycles. The van der Waals surface area contributed by atoms with Crippen molar-refractivity contribution in [2.24, 2.45) is 0 Å². The number of thiophene rings is 1. The number of carboxylic acids is 1. The van der Waals surface area contributed by atoms with Crippen LogP contribution in [-0.2, 0) is 0 Å². The minimum Gasteiger partial charge on any atom is -0.477 e. The van der Waals surface area contributed by atoms with Gasteiger partial charge in [-0.1, -0.05) is 24.3 Å². The van der Waals surface area contributed by atoms with E-state index in [1.807, 2.05) is 19.1 Å². The van der Waals surface area contributed by atoms with Gasteiger partial charge in [-0.15, -0.1) is 11.3 Å². The Morgan fingerprint density at radius 1 is 1.15 bits per heavy atom. The van der Waals surface area contributed by atoms with Gasteiger partial charge in [0.15, 0.2) is 0 Å². The largest absolute Gasteiger partial charge is 0.477 e. The van der Waals surface area contributed by atoms with E-state index in [1.165, 1.54) is 17.4 Å². The Bertz CT molecular complexity index is 820. The molecule has 4 heteroatoms. The highest BCUT2D eigenvalue weighted by atomic mass is 32.1. The molecular formula is C16H11FO2S. The third-order valence-corrected chi connectivity index (χ3v) is 4.50. The molecule has 0 saturated carbocycles.